The summed E-state index contributed by atoms with van der Waals surface area (Å²) in [5.74, 6) is 0.455. The van der Waals surface area contributed by atoms with Crippen molar-refractivity contribution in [3.05, 3.63) is 41.8 Å². The highest BCUT2D eigenvalue weighted by atomic mass is 19.1. The van der Waals surface area contributed by atoms with Gasteiger partial charge in [-0.05, 0) is 29.8 Å². The maximum atomic E-state index is 13.0. The van der Waals surface area contributed by atoms with E-state index in [1.807, 2.05) is 0 Å². The van der Waals surface area contributed by atoms with Crippen LogP contribution < -0.4 is 14.8 Å². The molecule has 0 saturated heterocycles. The average Bonchev–Trinajstić information content (AvgIpc) is 2.46. The number of benzene rings is 1. The average molecular weight is 278 g/mol. The molecule has 1 aromatic heterocycles. The SMILES string of the molecule is COc1cc(CNc2cccc(F)n2)cc(OC)c1O. The van der Waals surface area contributed by atoms with Gasteiger partial charge in [-0.2, -0.15) is 4.39 Å². The van der Waals surface area contributed by atoms with Crippen molar-refractivity contribution in [3.63, 3.8) is 0 Å². The molecule has 0 spiro atoms. The molecule has 20 heavy (non-hydrogen) atoms. The molecule has 1 aromatic carbocycles. The second kappa shape index (κ2) is 6.10. The summed E-state index contributed by atoms with van der Waals surface area (Å²) in [5.41, 5.74) is 0.808. The molecule has 0 aliphatic heterocycles. The predicted octanol–water partition coefficient (Wildman–Crippen LogP) is 2.56. The quantitative estimate of drug-likeness (QED) is 0.823. The number of aromatic nitrogens is 1. The lowest BCUT2D eigenvalue weighted by Gasteiger charge is -2.12. The third kappa shape index (κ3) is 3.09. The minimum absolute atomic E-state index is 0.0531. The molecule has 0 radical (unpaired) electrons. The van der Waals surface area contributed by atoms with Crippen LogP contribution in [0.1, 0.15) is 5.56 Å². The number of aromatic hydroxyl groups is 1. The Morgan fingerprint density at radius 1 is 1.20 bits per heavy atom. The molecule has 0 aliphatic rings. The number of halogens is 1. The van der Waals surface area contributed by atoms with E-state index in [2.05, 4.69) is 10.3 Å². The first-order valence-electron chi connectivity index (χ1n) is 5.94. The number of methoxy groups -OCH3 is 2. The summed E-state index contributed by atoms with van der Waals surface area (Å²) >= 11 is 0. The van der Waals surface area contributed by atoms with Crippen molar-refractivity contribution >= 4 is 5.82 Å². The second-order valence-corrected chi connectivity index (χ2v) is 4.05. The predicted molar refractivity (Wildman–Crippen MR) is 72.7 cm³/mol. The summed E-state index contributed by atoms with van der Waals surface area (Å²) < 4.78 is 23.1. The molecule has 0 atom stereocenters. The fourth-order valence-corrected chi connectivity index (χ4v) is 1.75. The third-order valence-electron chi connectivity index (χ3n) is 2.73. The number of hydrogen-bond acceptors (Lipinski definition) is 5. The van der Waals surface area contributed by atoms with Crippen LogP contribution in [0.25, 0.3) is 0 Å². The van der Waals surface area contributed by atoms with Crippen molar-refractivity contribution < 1.29 is 19.0 Å². The molecule has 0 aliphatic carbocycles. The number of nitrogens with one attached hydrogen (secondary N) is 1. The van der Waals surface area contributed by atoms with E-state index in [0.717, 1.165) is 5.56 Å². The maximum absolute atomic E-state index is 13.0. The Kier molecular flexibility index (Phi) is 4.24. The van der Waals surface area contributed by atoms with Gasteiger partial charge in [0.15, 0.2) is 11.5 Å². The van der Waals surface area contributed by atoms with Gasteiger partial charge in [0.25, 0.3) is 0 Å². The molecule has 0 unspecified atom stereocenters. The van der Waals surface area contributed by atoms with Crippen LogP contribution in [0.15, 0.2) is 30.3 Å². The Bertz CT molecular complexity index is 580. The highest BCUT2D eigenvalue weighted by Gasteiger charge is 2.11. The van der Waals surface area contributed by atoms with Crippen LogP contribution in [0, 0.1) is 5.95 Å². The van der Waals surface area contributed by atoms with Gasteiger partial charge in [0, 0.05) is 6.54 Å². The molecule has 2 N–H and O–H groups in total. The molecule has 0 bridgehead atoms. The Morgan fingerprint density at radius 2 is 1.85 bits per heavy atom. The highest BCUT2D eigenvalue weighted by molar-refractivity contribution is 5.53. The number of nitrogens with zero attached hydrogens (tertiary/aromatic N) is 1. The van der Waals surface area contributed by atoms with E-state index < -0.39 is 5.95 Å². The van der Waals surface area contributed by atoms with Crippen molar-refractivity contribution in [3.8, 4) is 17.2 Å². The number of rotatable bonds is 5. The maximum Gasteiger partial charge on any atom is 0.214 e. The van der Waals surface area contributed by atoms with E-state index in [0.29, 0.717) is 23.9 Å². The van der Waals surface area contributed by atoms with Crippen LogP contribution in [0.4, 0.5) is 10.2 Å². The largest absolute Gasteiger partial charge is 0.502 e. The van der Waals surface area contributed by atoms with Crippen molar-refractivity contribution in [1.82, 2.24) is 4.98 Å². The first kappa shape index (κ1) is 13.9. The number of pyridine rings is 1. The number of anilines is 1. The van der Waals surface area contributed by atoms with Gasteiger partial charge in [-0.25, -0.2) is 4.98 Å². The Hall–Kier alpha value is -2.50. The second-order valence-electron chi connectivity index (χ2n) is 4.05. The van der Waals surface area contributed by atoms with Crippen molar-refractivity contribution in [2.45, 2.75) is 6.54 Å². The lowest BCUT2D eigenvalue weighted by molar-refractivity contribution is 0.339. The zero-order chi connectivity index (χ0) is 14.5. The van der Waals surface area contributed by atoms with E-state index >= 15 is 0 Å². The first-order valence-corrected chi connectivity index (χ1v) is 5.94. The van der Waals surface area contributed by atoms with E-state index in [-0.39, 0.29) is 5.75 Å². The normalized spacial score (nSPS) is 10.2. The van der Waals surface area contributed by atoms with Gasteiger partial charge in [0.2, 0.25) is 11.7 Å². The summed E-state index contributed by atoms with van der Waals surface area (Å²) in [5, 5.41) is 12.8. The number of phenolic OH excluding ortho intramolecular Hbond substituents is 1. The van der Waals surface area contributed by atoms with E-state index in [9.17, 15) is 9.50 Å². The van der Waals surface area contributed by atoms with Crippen molar-refractivity contribution in [1.29, 1.82) is 0 Å². The molecule has 106 valence electrons. The molecule has 6 heteroatoms. The summed E-state index contributed by atoms with van der Waals surface area (Å²) in [6.07, 6.45) is 0. The van der Waals surface area contributed by atoms with Crippen LogP contribution in [0.3, 0.4) is 0 Å². The minimum Gasteiger partial charge on any atom is -0.502 e. The van der Waals surface area contributed by atoms with Gasteiger partial charge in [0.1, 0.15) is 5.82 Å². The van der Waals surface area contributed by atoms with Gasteiger partial charge < -0.3 is 19.9 Å². The molecular weight excluding hydrogens is 263 g/mol. The van der Waals surface area contributed by atoms with Gasteiger partial charge in [0.05, 0.1) is 14.2 Å². The molecule has 0 saturated carbocycles. The Labute approximate surface area is 116 Å². The molecule has 2 rings (SSSR count). The minimum atomic E-state index is -0.545. The van der Waals surface area contributed by atoms with E-state index in [1.165, 1.54) is 20.3 Å². The topological polar surface area (TPSA) is 63.6 Å². The van der Waals surface area contributed by atoms with Crippen LogP contribution in [-0.4, -0.2) is 24.3 Å². The van der Waals surface area contributed by atoms with Crippen LogP contribution >= 0.6 is 0 Å². The lowest BCUT2D eigenvalue weighted by Crippen LogP contribution is -2.03. The monoisotopic (exact) mass is 278 g/mol. The summed E-state index contributed by atoms with van der Waals surface area (Å²) in [7, 11) is 2.92. The van der Waals surface area contributed by atoms with Crippen LogP contribution in [-0.2, 0) is 6.54 Å². The fourth-order valence-electron chi connectivity index (χ4n) is 1.75. The number of phenols is 1. The molecule has 2 aromatic rings. The zero-order valence-electron chi connectivity index (χ0n) is 11.2. The van der Waals surface area contributed by atoms with Crippen molar-refractivity contribution in [2.24, 2.45) is 0 Å². The first-order chi connectivity index (χ1) is 9.63. The van der Waals surface area contributed by atoms with Crippen molar-refractivity contribution in [2.75, 3.05) is 19.5 Å². The summed E-state index contributed by atoms with van der Waals surface area (Å²) in [6, 6.07) is 7.85. The molecule has 1 heterocycles. The van der Waals surface area contributed by atoms with Gasteiger partial charge in [-0.1, -0.05) is 6.07 Å². The lowest BCUT2D eigenvalue weighted by atomic mass is 10.2. The number of ether oxygens (including phenoxy) is 2. The van der Waals surface area contributed by atoms with E-state index in [1.54, 1.807) is 24.3 Å². The fraction of sp³-hybridized carbons (Fsp3) is 0.214. The Morgan fingerprint density at radius 3 is 2.40 bits per heavy atom. The third-order valence-corrected chi connectivity index (χ3v) is 2.73. The number of hydrogen-bond donors (Lipinski definition) is 2. The zero-order valence-corrected chi connectivity index (χ0v) is 11.2. The van der Waals surface area contributed by atoms with E-state index in [4.69, 9.17) is 9.47 Å². The van der Waals surface area contributed by atoms with Gasteiger partial charge >= 0.3 is 0 Å². The van der Waals surface area contributed by atoms with Crippen LogP contribution in [0.5, 0.6) is 17.2 Å². The molecule has 0 fully saturated rings. The highest BCUT2D eigenvalue weighted by Crippen LogP contribution is 2.37. The summed E-state index contributed by atoms with van der Waals surface area (Å²) in [6.45, 7) is 0.392. The standard InChI is InChI=1S/C14H15FN2O3/c1-19-10-6-9(7-11(20-2)14(10)18)8-16-13-5-3-4-12(15)17-13/h3-7,18H,8H2,1-2H3,(H,16,17). The van der Waals surface area contributed by atoms with Gasteiger partial charge in [-0.3, -0.25) is 0 Å². The molecule has 0 amide bonds. The summed E-state index contributed by atoms with van der Waals surface area (Å²) in [4.78, 5) is 3.70. The molecular formula is C14H15FN2O3. The van der Waals surface area contributed by atoms with Crippen LogP contribution in [0.2, 0.25) is 0 Å². The smallest absolute Gasteiger partial charge is 0.214 e. The van der Waals surface area contributed by atoms with Gasteiger partial charge in [-0.15, -0.1) is 0 Å². The molecule has 5 nitrogen and oxygen atoms in total. The Balaban J connectivity index is 2.17.